The number of unbranched alkanes of at least 4 members (excludes halogenated alkanes) is 9. The van der Waals surface area contributed by atoms with Gasteiger partial charge in [-0.1, -0.05) is 64.7 Å². The van der Waals surface area contributed by atoms with Gasteiger partial charge in [0.1, 0.15) is 12.6 Å². The number of likely N-dealkylation sites (N-methyl/N-ethyl adjacent to an activating group) is 1. The average molecular weight is 345 g/mol. The minimum atomic E-state index is -0.326. The molecule has 0 aromatic carbocycles. The molecule has 0 aliphatic heterocycles. The smallest absolute Gasteiger partial charge is 0.126 e. The number of aliphatic hydroxyl groups excluding tert-OH is 1. The van der Waals surface area contributed by atoms with E-state index in [1.54, 1.807) is 0 Å². The summed E-state index contributed by atoms with van der Waals surface area (Å²) in [6.07, 6.45) is 13.2. The molecule has 0 aliphatic carbocycles. The molecule has 0 aromatic heterocycles. The van der Waals surface area contributed by atoms with Gasteiger partial charge in [0.2, 0.25) is 0 Å². The third-order valence-electron chi connectivity index (χ3n) is 5.56. The zero-order valence-corrected chi connectivity index (χ0v) is 17.2. The molecule has 0 radical (unpaired) electrons. The number of hydrogen-bond acceptors (Lipinski definition) is 2. The highest BCUT2D eigenvalue weighted by Gasteiger charge is 2.24. The summed E-state index contributed by atoms with van der Waals surface area (Å²) in [6.45, 7) is 14.3. The molecule has 0 saturated heterocycles. The standard InChI is InChI=1S/C21H46NO2/c1-5-9-10-11-12-13-14-15-16-17-18-24-20-21(23)19-22(6-2,7-3)8-4/h21,23H,5-20H2,1-4H3/q+1. The predicted octanol–water partition coefficient (Wildman–Crippen LogP) is 5.16. The van der Waals surface area contributed by atoms with Crippen molar-refractivity contribution in [3.63, 3.8) is 0 Å². The van der Waals surface area contributed by atoms with E-state index in [1.807, 2.05) is 0 Å². The molecular weight excluding hydrogens is 298 g/mol. The van der Waals surface area contributed by atoms with Crippen LogP contribution >= 0.6 is 0 Å². The highest BCUT2D eigenvalue weighted by atomic mass is 16.5. The highest BCUT2D eigenvalue weighted by Crippen LogP contribution is 2.11. The second-order valence-electron chi connectivity index (χ2n) is 7.38. The van der Waals surface area contributed by atoms with Gasteiger partial charge in [0, 0.05) is 6.61 Å². The molecule has 3 nitrogen and oxygen atoms in total. The van der Waals surface area contributed by atoms with Crippen molar-refractivity contribution in [2.75, 3.05) is 39.4 Å². The lowest BCUT2D eigenvalue weighted by Gasteiger charge is -2.37. The average Bonchev–Trinajstić information content (AvgIpc) is 2.60. The van der Waals surface area contributed by atoms with Gasteiger partial charge in [-0.15, -0.1) is 0 Å². The van der Waals surface area contributed by atoms with Crippen LogP contribution in [0.25, 0.3) is 0 Å². The van der Waals surface area contributed by atoms with E-state index in [4.69, 9.17) is 4.74 Å². The first kappa shape index (κ1) is 23.9. The second-order valence-corrected chi connectivity index (χ2v) is 7.38. The van der Waals surface area contributed by atoms with Crippen LogP contribution < -0.4 is 0 Å². The largest absolute Gasteiger partial charge is 0.385 e. The lowest BCUT2D eigenvalue weighted by molar-refractivity contribution is -0.926. The molecule has 146 valence electrons. The fourth-order valence-electron chi connectivity index (χ4n) is 3.47. The van der Waals surface area contributed by atoms with Crippen LogP contribution in [0.3, 0.4) is 0 Å². The normalized spacial score (nSPS) is 13.4. The Bertz CT molecular complexity index is 246. The van der Waals surface area contributed by atoms with Gasteiger partial charge < -0.3 is 14.3 Å². The Balaban J connectivity index is 3.43. The van der Waals surface area contributed by atoms with Crippen molar-refractivity contribution < 1.29 is 14.3 Å². The van der Waals surface area contributed by atoms with Gasteiger partial charge in [0.05, 0.1) is 26.2 Å². The molecule has 0 bridgehead atoms. The second kappa shape index (κ2) is 16.4. The highest BCUT2D eigenvalue weighted by molar-refractivity contribution is 4.54. The third-order valence-corrected chi connectivity index (χ3v) is 5.56. The number of nitrogens with zero attached hydrogens (tertiary/aromatic N) is 1. The molecule has 0 fully saturated rings. The maximum absolute atomic E-state index is 10.2. The van der Waals surface area contributed by atoms with Crippen LogP contribution in [-0.4, -0.2) is 55.1 Å². The van der Waals surface area contributed by atoms with E-state index >= 15 is 0 Å². The fraction of sp³-hybridized carbons (Fsp3) is 1.00. The lowest BCUT2D eigenvalue weighted by atomic mass is 10.1. The van der Waals surface area contributed by atoms with E-state index in [0.717, 1.165) is 43.7 Å². The molecular formula is C21H46NO2+. The Morgan fingerprint density at radius 3 is 1.62 bits per heavy atom. The molecule has 3 heteroatoms. The number of hydrogen-bond donors (Lipinski definition) is 1. The number of ether oxygens (including phenoxy) is 1. The molecule has 0 aromatic rings. The van der Waals surface area contributed by atoms with Gasteiger partial charge in [-0.2, -0.15) is 0 Å². The summed E-state index contributed by atoms with van der Waals surface area (Å²) < 4.78 is 6.68. The van der Waals surface area contributed by atoms with Crippen LogP contribution in [0.15, 0.2) is 0 Å². The van der Waals surface area contributed by atoms with Crippen LogP contribution in [0.2, 0.25) is 0 Å². The maximum Gasteiger partial charge on any atom is 0.126 e. The minimum absolute atomic E-state index is 0.326. The van der Waals surface area contributed by atoms with Crippen LogP contribution in [0.5, 0.6) is 0 Å². The van der Waals surface area contributed by atoms with E-state index in [-0.39, 0.29) is 6.10 Å². The Hall–Kier alpha value is -0.120. The summed E-state index contributed by atoms with van der Waals surface area (Å²) >= 11 is 0. The molecule has 0 aliphatic rings. The molecule has 0 amide bonds. The van der Waals surface area contributed by atoms with Crippen LogP contribution in [0, 0.1) is 0 Å². The predicted molar refractivity (Wildman–Crippen MR) is 105 cm³/mol. The Labute approximate surface area is 152 Å². The molecule has 1 atom stereocenters. The minimum Gasteiger partial charge on any atom is -0.385 e. The summed E-state index contributed by atoms with van der Waals surface area (Å²) in [5, 5.41) is 10.2. The summed E-state index contributed by atoms with van der Waals surface area (Å²) in [5.74, 6) is 0. The Morgan fingerprint density at radius 1 is 0.708 bits per heavy atom. The zero-order valence-electron chi connectivity index (χ0n) is 17.2. The molecule has 0 spiro atoms. The topological polar surface area (TPSA) is 29.5 Å². The van der Waals surface area contributed by atoms with Gasteiger partial charge >= 0.3 is 0 Å². The van der Waals surface area contributed by atoms with Crippen LogP contribution in [0.1, 0.15) is 91.9 Å². The Morgan fingerprint density at radius 2 is 1.17 bits per heavy atom. The summed E-state index contributed by atoms with van der Waals surface area (Å²) in [4.78, 5) is 0. The van der Waals surface area contributed by atoms with Crippen molar-refractivity contribution in [3.05, 3.63) is 0 Å². The van der Waals surface area contributed by atoms with E-state index in [1.165, 1.54) is 57.8 Å². The van der Waals surface area contributed by atoms with E-state index in [0.29, 0.717) is 6.61 Å². The number of rotatable bonds is 18. The first-order valence-electron chi connectivity index (χ1n) is 10.7. The van der Waals surface area contributed by atoms with E-state index < -0.39 is 0 Å². The number of aliphatic hydroxyl groups is 1. The Kier molecular flexibility index (Phi) is 16.3. The van der Waals surface area contributed by atoms with Crippen molar-refractivity contribution in [2.24, 2.45) is 0 Å². The van der Waals surface area contributed by atoms with Gasteiger partial charge in [-0.25, -0.2) is 0 Å². The van der Waals surface area contributed by atoms with Gasteiger partial charge in [0.15, 0.2) is 0 Å². The van der Waals surface area contributed by atoms with Gasteiger partial charge in [-0.05, 0) is 27.2 Å². The maximum atomic E-state index is 10.2. The first-order valence-corrected chi connectivity index (χ1v) is 10.7. The molecule has 0 saturated carbocycles. The molecule has 1 unspecified atom stereocenters. The van der Waals surface area contributed by atoms with E-state index in [2.05, 4.69) is 27.7 Å². The molecule has 24 heavy (non-hydrogen) atoms. The van der Waals surface area contributed by atoms with Crippen molar-refractivity contribution in [1.82, 2.24) is 0 Å². The van der Waals surface area contributed by atoms with Crippen molar-refractivity contribution in [3.8, 4) is 0 Å². The van der Waals surface area contributed by atoms with Crippen LogP contribution in [0.4, 0.5) is 0 Å². The monoisotopic (exact) mass is 344 g/mol. The molecule has 1 N–H and O–H groups in total. The van der Waals surface area contributed by atoms with Crippen molar-refractivity contribution in [1.29, 1.82) is 0 Å². The summed E-state index contributed by atoms with van der Waals surface area (Å²) in [5.41, 5.74) is 0. The fourth-order valence-corrected chi connectivity index (χ4v) is 3.47. The summed E-state index contributed by atoms with van der Waals surface area (Å²) in [6, 6.07) is 0. The molecule has 0 heterocycles. The SMILES string of the molecule is CCCCCCCCCCCCOCC(O)C[N+](CC)(CC)CC. The lowest BCUT2D eigenvalue weighted by Crippen LogP contribution is -2.52. The van der Waals surface area contributed by atoms with Crippen LogP contribution in [-0.2, 0) is 4.74 Å². The first-order chi connectivity index (χ1) is 11.6. The third kappa shape index (κ3) is 12.3. The number of quaternary nitrogens is 1. The summed E-state index contributed by atoms with van der Waals surface area (Å²) in [7, 11) is 0. The van der Waals surface area contributed by atoms with Crippen molar-refractivity contribution >= 4 is 0 Å². The zero-order chi connectivity index (χ0) is 18.1. The van der Waals surface area contributed by atoms with Gasteiger partial charge in [-0.3, -0.25) is 0 Å². The quantitative estimate of drug-likeness (QED) is 0.275. The van der Waals surface area contributed by atoms with Gasteiger partial charge in [0.25, 0.3) is 0 Å². The molecule has 0 rings (SSSR count). The van der Waals surface area contributed by atoms with Crippen molar-refractivity contribution in [2.45, 2.75) is 98.0 Å². The van der Waals surface area contributed by atoms with E-state index in [9.17, 15) is 5.11 Å².